The zero-order valence-electron chi connectivity index (χ0n) is 4.78. The average Bonchev–Trinajstić information content (AvgIpc) is 1.72. The second kappa shape index (κ2) is 10.1. The number of esters is 1. The number of halogens is 2. The molecule has 8 heavy (non-hydrogen) atoms. The highest BCUT2D eigenvalue weighted by Crippen LogP contribution is 1.69. The maximum Gasteiger partial charge on any atom is 0.302 e. The Hall–Kier alpha value is 0.0500. The van der Waals surface area contributed by atoms with Crippen molar-refractivity contribution >= 4 is 27.7 Å². The van der Waals surface area contributed by atoms with Gasteiger partial charge in [0.05, 0.1) is 6.61 Å². The molecule has 0 saturated heterocycles. The molecule has 0 unspecified atom stereocenters. The van der Waals surface area contributed by atoms with E-state index in [1.54, 1.807) is 6.92 Å². The van der Waals surface area contributed by atoms with Gasteiger partial charge in [0.15, 0.2) is 0 Å². The lowest BCUT2D eigenvalue weighted by molar-refractivity contribution is -0.140. The van der Waals surface area contributed by atoms with E-state index in [1.807, 2.05) is 0 Å². The first-order valence-electron chi connectivity index (χ1n) is 2.05. The van der Waals surface area contributed by atoms with Crippen LogP contribution in [0.2, 0.25) is 0 Å². The minimum atomic E-state index is -0.211. The van der Waals surface area contributed by atoms with Gasteiger partial charge in [-0.2, -0.15) is 0 Å². The molecule has 0 aliphatic carbocycles. The molecule has 0 fully saturated rings. The van der Waals surface area contributed by atoms with Crippen LogP contribution in [0.3, 0.4) is 0 Å². The Morgan fingerprint density at radius 3 is 2.00 bits per heavy atom. The second-order valence-electron chi connectivity index (χ2n) is 0.925. The van der Waals surface area contributed by atoms with Gasteiger partial charge in [0.1, 0.15) is 0 Å². The molecule has 0 heterocycles. The Morgan fingerprint density at radius 2 is 2.00 bits per heavy atom. The standard InChI is InChI=1S/C4H8O2.Cl2/c1-3-6-4(2)5;1-2/h3H2,1-2H3;. The highest BCUT2D eigenvalue weighted by molar-refractivity contribution is 6.85. The molecular formula is C4H8Cl2O2. The lowest BCUT2D eigenvalue weighted by Gasteiger charge is -1.89. The summed E-state index contributed by atoms with van der Waals surface area (Å²) in [6, 6.07) is 0. The van der Waals surface area contributed by atoms with Crippen LogP contribution in [0.25, 0.3) is 0 Å². The molecule has 0 aliphatic heterocycles. The summed E-state index contributed by atoms with van der Waals surface area (Å²) in [6.07, 6.45) is 0. The van der Waals surface area contributed by atoms with Crippen LogP contribution in [0.15, 0.2) is 0 Å². The molecule has 0 spiro atoms. The number of hydrogen-bond acceptors (Lipinski definition) is 2. The highest BCUT2D eigenvalue weighted by Gasteiger charge is 1.81. The summed E-state index contributed by atoms with van der Waals surface area (Å²) in [5.74, 6) is -0.211. The van der Waals surface area contributed by atoms with Crippen molar-refractivity contribution in [3.8, 4) is 0 Å². The Bertz CT molecular complexity index is 56.0. The van der Waals surface area contributed by atoms with Crippen molar-refractivity contribution in [2.75, 3.05) is 6.61 Å². The minimum absolute atomic E-state index is 0.211. The SMILES string of the molecule is CCOC(C)=O.ClCl. The van der Waals surface area contributed by atoms with Crippen molar-refractivity contribution in [2.24, 2.45) is 0 Å². The molecule has 0 rings (SSSR count). The summed E-state index contributed by atoms with van der Waals surface area (Å²) in [6.45, 7) is 3.65. The van der Waals surface area contributed by atoms with Gasteiger partial charge in [-0.1, -0.05) is 0 Å². The number of carbonyl (C=O) groups is 1. The summed E-state index contributed by atoms with van der Waals surface area (Å²) < 4.78 is 4.40. The van der Waals surface area contributed by atoms with E-state index in [2.05, 4.69) is 26.4 Å². The topological polar surface area (TPSA) is 26.3 Å². The third kappa shape index (κ3) is 16.6. The molecular weight excluding hydrogens is 151 g/mol. The Kier molecular flexibility index (Phi) is 13.8. The summed E-state index contributed by atoms with van der Waals surface area (Å²) >= 11 is 0. The molecule has 0 atom stereocenters. The quantitative estimate of drug-likeness (QED) is 0.546. The molecule has 0 radical (unpaired) electrons. The lowest BCUT2D eigenvalue weighted by Crippen LogP contribution is -1.95. The van der Waals surface area contributed by atoms with E-state index in [9.17, 15) is 4.79 Å². The molecule has 4 heteroatoms. The molecule has 0 N–H and O–H groups in total. The number of hydrogen-bond donors (Lipinski definition) is 0. The van der Waals surface area contributed by atoms with E-state index in [0.29, 0.717) is 6.61 Å². The summed E-state index contributed by atoms with van der Waals surface area (Å²) in [5.41, 5.74) is 0. The van der Waals surface area contributed by atoms with E-state index >= 15 is 0 Å². The first-order chi connectivity index (χ1) is 3.77. The van der Waals surface area contributed by atoms with Crippen molar-refractivity contribution in [3.05, 3.63) is 0 Å². The molecule has 0 aromatic heterocycles. The molecule has 0 aliphatic rings. The van der Waals surface area contributed by atoms with Gasteiger partial charge < -0.3 is 4.74 Å². The fourth-order valence-electron chi connectivity index (χ4n) is 0.203. The maximum absolute atomic E-state index is 9.82. The van der Waals surface area contributed by atoms with Crippen LogP contribution in [0.5, 0.6) is 0 Å². The molecule has 50 valence electrons. The second-order valence-corrected chi connectivity index (χ2v) is 0.925. The van der Waals surface area contributed by atoms with E-state index in [1.165, 1.54) is 6.92 Å². The first-order valence-corrected chi connectivity index (χ1v) is 3.19. The largest absolute Gasteiger partial charge is 0.466 e. The molecule has 0 aromatic rings. The molecule has 2 nitrogen and oxygen atoms in total. The number of carbonyl (C=O) groups excluding carboxylic acids is 1. The Balaban J connectivity index is 0. The van der Waals surface area contributed by atoms with Crippen molar-refractivity contribution in [1.82, 2.24) is 0 Å². The van der Waals surface area contributed by atoms with Gasteiger partial charge in [-0.3, -0.25) is 4.79 Å². The van der Waals surface area contributed by atoms with Crippen molar-refractivity contribution in [2.45, 2.75) is 13.8 Å². The van der Waals surface area contributed by atoms with Gasteiger partial charge in [0.2, 0.25) is 0 Å². The van der Waals surface area contributed by atoms with Gasteiger partial charge in [-0.15, -0.1) is 0 Å². The van der Waals surface area contributed by atoms with Crippen LogP contribution >= 0.6 is 21.7 Å². The van der Waals surface area contributed by atoms with E-state index in [0.717, 1.165) is 0 Å². The third-order valence-electron chi connectivity index (χ3n) is 0.348. The van der Waals surface area contributed by atoms with Crippen molar-refractivity contribution in [3.63, 3.8) is 0 Å². The van der Waals surface area contributed by atoms with E-state index < -0.39 is 0 Å². The van der Waals surface area contributed by atoms with E-state index in [4.69, 9.17) is 0 Å². The molecule has 0 amide bonds. The third-order valence-corrected chi connectivity index (χ3v) is 0.348. The first kappa shape index (κ1) is 10.9. The fourth-order valence-corrected chi connectivity index (χ4v) is 0.203. The maximum atomic E-state index is 9.82. The number of rotatable bonds is 1. The Morgan fingerprint density at radius 1 is 1.62 bits per heavy atom. The smallest absolute Gasteiger partial charge is 0.302 e. The zero-order valence-corrected chi connectivity index (χ0v) is 6.29. The molecule has 0 aromatic carbocycles. The van der Waals surface area contributed by atoms with Gasteiger partial charge in [-0.25, -0.2) is 0 Å². The summed E-state index contributed by atoms with van der Waals surface area (Å²) in [5, 5.41) is 0. The van der Waals surface area contributed by atoms with Crippen LogP contribution in [0, 0.1) is 0 Å². The molecule has 0 saturated carbocycles. The van der Waals surface area contributed by atoms with Crippen LogP contribution in [0.1, 0.15) is 13.8 Å². The summed E-state index contributed by atoms with van der Waals surface area (Å²) in [7, 11) is 8.22. The van der Waals surface area contributed by atoms with Crippen LogP contribution in [-0.4, -0.2) is 12.6 Å². The summed E-state index contributed by atoms with van der Waals surface area (Å²) in [4.78, 5) is 9.82. The lowest BCUT2D eigenvalue weighted by atomic mass is 10.8. The van der Waals surface area contributed by atoms with Crippen molar-refractivity contribution in [1.29, 1.82) is 0 Å². The average molecular weight is 159 g/mol. The predicted octanol–water partition coefficient (Wildman–Crippen LogP) is 1.95. The molecule has 0 bridgehead atoms. The minimum Gasteiger partial charge on any atom is -0.466 e. The predicted molar refractivity (Wildman–Crippen MR) is 34.0 cm³/mol. The highest BCUT2D eigenvalue weighted by atomic mass is 36.5. The monoisotopic (exact) mass is 158 g/mol. The van der Waals surface area contributed by atoms with Crippen molar-refractivity contribution < 1.29 is 9.53 Å². The zero-order chi connectivity index (χ0) is 6.99. The van der Waals surface area contributed by atoms with Gasteiger partial charge >= 0.3 is 5.97 Å². The van der Waals surface area contributed by atoms with Crippen LogP contribution < -0.4 is 0 Å². The van der Waals surface area contributed by atoms with Crippen LogP contribution in [0.4, 0.5) is 0 Å². The Labute approximate surface area is 58.3 Å². The van der Waals surface area contributed by atoms with Gasteiger partial charge in [0.25, 0.3) is 0 Å². The van der Waals surface area contributed by atoms with Gasteiger partial charge in [0, 0.05) is 28.6 Å². The van der Waals surface area contributed by atoms with Gasteiger partial charge in [-0.05, 0) is 6.92 Å². The normalized spacial score (nSPS) is 6.50. The van der Waals surface area contributed by atoms with Crippen LogP contribution in [-0.2, 0) is 9.53 Å². The fraction of sp³-hybridized carbons (Fsp3) is 0.750. The van der Waals surface area contributed by atoms with E-state index in [-0.39, 0.29) is 5.97 Å². The number of ether oxygens (including phenoxy) is 1.